The Kier molecular flexibility index (Phi) is 3.96. The van der Waals surface area contributed by atoms with Gasteiger partial charge >= 0.3 is 5.97 Å². The van der Waals surface area contributed by atoms with Crippen LogP contribution in [-0.2, 0) is 19.1 Å². The average Bonchev–Trinajstić information content (AvgIpc) is 2.97. The van der Waals surface area contributed by atoms with Crippen LogP contribution >= 0.6 is 0 Å². The van der Waals surface area contributed by atoms with Crippen molar-refractivity contribution >= 4 is 11.9 Å². The summed E-state index contributed by atoms with van der Waals surface area (Å²) < 4.78 is 10.5. The molecule has 2 fully saturated rings. The van der Waals surface area contributed by atoms with Gasteiger partial charge in [-0.25, -0.2) is 4.79 Å². The van der Waals surface area contributed by atoms with Crippen molar-refractivity contribution in [3.8, 4) is 0 Å². The summed E-state index contributed by atoms with van der Waals surface area (Å²) in [7, 11) is 0. The molecule has 0 spiro atoms. The Morgan fingerprint density at radius 3 is 2.65 bits per heavy atom. The lowest BCUT2D eigenvalue weighted by Crippen LogP contribution is -2.39. The van der Waals surface area contributed by atoms with Gasteiger partial charge in [0.15, 0.2) is 6.10 Å². The predicted molar refractivity (Wildman–Crippen MR) is 57.5 cm³/mol. The van der Waals surface area contributed by atoms with Gasteiger partial charge in [-0.15, -0.1) is 0 Å². The fraction of sp³-hybridized carbons (Fsp3) is 0.818. The Hall–Kier alpha value is -1.14. The van der Waals surface area contributed by atoms with Crippen LogP contribution < -0.4 is 5.32 Å². The molecule has 6 heteroatoms. The van der Waals surface area contributed by atoms with Crippen LogP contribution in [0.3, 0.4) is 0 Å². The highest BCUT2D eigenvalue weighted by Crippen LogP contribution is 2.19. The Balaban J connectivity index is 1.68. The van der Waals surface area contributed by atoms with Gasteiger partial charge in [-0.3, -0.25) is 4.79 Å². The summed E-state index contributed by atoms with van der Waals surface area (Å²) in [5.41, 5.74) is 0. The summed E-state index contributed by atoms with van der Waals surface area (Å²) in [5, 5.41) is 11.5. The Morgan fingerprint density at radius 2 is 2.06 bits per heavy atom. The maximum atomic E-state index is 11.6. The van der Waals surface area contributed by atoms with Crippen molar-refractivity contribution in [2.45, 2.75) is 44.0 Å². The van der Waals surface area contributed by atoms with Crippen LogP contribution in [0.25, 0.3) is 0 Å². The molecule has 0 aliphatic carbocycles. The van der Waals surface area contributed by atoms with E-state index in [9.17, 15) is 9.59 Å². The van der Waals surface area contributed by atoms with Gasteiger partial charge in [0, 0.05) is 13.2 Å². The molecule has 2 rings (SSSR count). The van der Waals surface area contributed by atoms with Crippen molar-refractivity contribution in [2.75, 3.05) is 13.2 Å². The van der Waals surface area contributed by atoms with E-state index in [0.29, 0.717) is 26.0 Å². The summed E-state index contributed by atoms with van der Waals surface area (Å²) in [5.74, 6) is -1.05. The summed E-state index contributed by atoms with van der Waals surface area (Å²) in [4.78, 5) is 22.3. The first-order valence-corrected chi connectivity index (χ1v) is 5.94. The first kappa shape index (κ1) is 12.3. The minimum Gasteiger partial charge on any atom is -0.479 e. The normalized spacial score (nSPS) is 32.6. The summed E-state index contributed by atoms with van der Waals surface area (Å²) >= 11 is 0. The number of carbonyl (C=O) groups is 2. The van der Waals surface area contributed by atoms with Crippen molar-refractivity contribution in [3.63, 3.8) is 0 Å². The van der Waals surface area contributed by atoms with E-state index in [1.807, 2.05) is 0 Å². The SMILES string of the molecule is O=C(O)C1CCC(CNC(=O)[C@H]2CCCO2)O1. The van der Waals surface area contributed by atoms with E-state index >= 15 is 0 Å². The fourth-order valence-corrected chi connectivity index (χ4v) is 2.15. The van der Waals surface area contributed by atoms with E-state index in [1.165, 1.54) is 0 Å². The molecule has 6 nitrogen and oxygen atoms in total. The fourth-order valence-electron chi connectivity index (χ4n) is 2.15. The largest absolute Gasteiger partial charge is 0.479 e. The minimum absolute atomic E-state index is 0.120. The number of hydrogen-bond acceptors (Lipinski definition) is 4. The molecule has 0 aromatic carbocycles. The number of carboxylic acids is 1. The standard InChI is InChI=1S/C11H17NO5/c13-10(8-2-1-5-16-8)12-6-7-3-4-9(17-7)11(14)15/h7-9H,1-6H2,(H,12,13)(H,14,15)/t7?,8-,9?/m1/s1. The third-order valence-corrected chi connectivity index (χ3v) is 3.11. The molecule has 2 unspecified atom stereocenters. The van der Waals surface area contributed by atoms with Gasteiger partial charge in [-0.05, 0) is 25.7 Å². The molecule has 0 radical (unpaired) electrons. The molecule has 2 aliphatic heterocycles. The number of carboxylic acid groups (broad SMARTS) is 1. The van der Waals surface area contributed by atoms with E-state index in [4.69, 9.17) is 14.6 Å². The Morgan fingerprint density at radius 1 is 1.24 bits per heavy atom. The molecule has 96 valence electrons. The maximum absolute atomic E-state index is 11.6. The van der Waals surface area contributed by atoms with Crippen LogP contribution in [0, 0.1) is 0 Å². The van der Waals surface area contributed by atoms with Crippen LogP contribution in [0.2, 0.25) is 0 Å². The highest BCUT2D eigenvalue weighted by molar-refractivity contribution is 5.81. The molecule has 0 saturated carbocycles. The zero-order valence-corrected chi connectivity index (χ0v) is 9.55. The summed E-state index contributed by atoms with van der Waals surface area (Å²) in [6.07, 6.45) is 1.60. The highest BCUT2D eigenvalue weighted by atomic mass is 16.5. The topological polar surface area (TPSA) is 84.9 Å². The molecule has 0 aromatic heterocycles. The molecular formula is C11H17NO5. The van der Waals surface area contributed by atoms with Crippen LogP contribution in [0.15, 0.2) is 0 Å². The Labute approximate surface area is 99.3 Å². The minimum atomic E-state index is -0.932. The van der Waals surface area contributed by atoms with Crippen molar-refractivity contribution in [1.82, 2.24) is 5.32 Å². The van der Waals surface area contributed by atoms with E-state index in [1.54, 1.807) is 0 Å². The van der Waals surface area contributed by atoms with Crippen LogP contribution in [0.5, 0.6) is 0 Å². The predicted octanol–water partition coefficient (Wildman–Crippen LogP) is -0.0862. The molecule has 2 saturated heterocycles. The van der Waals surface area contributed by atoms with Crippen molar-refractivity contribution < 1.29 is 24.2 Å². The second-order valence-corrected chi connectivity index (χ2v) is 4.41. The molecule has 17 heavy (non-hydrogen) atoms. The van der Waals surface area contributed by atoms with E-state index in [2.05, 4.69) is 5.32 Å². The molecule has 1 amide bonds. The first-order valence-electron chi connectivity index (χ1n) is 5.94. The van der Waals surface area contributed by atoms with Gasteiger partial charge in [0.05, 0.1) is 6.10 Å². The third kappa shape index (κ3) is 3.17. The lowest BCUT2D eigenvalue weighted by molar-refractivity contribution is -0.149. The van der Waals surface area contributed by atoms with Gasteiger partial charge in [0.2, 0.25) is 5.91 Å². The molecule has 2 aliphatic rings. The van der Waals surface area contributed by atoms with Gasteiger partial charge in [0.25, 0.3) is 0 Å². The van der Waals surface area contributed by atoms with Crippen molar-refractivity contribution in [2.24, 2.45) is 0 Å². The second kappa shape index (κ2) is 5.46. The molecule has 2 N–H and O–H groups in total. The number of rotatable bonds is 4. The smallest absolute Gasteiger partial charge is 0.332 e. The molecular weight excluding hydrogens is 226 g/mol. The number of aliphatic carboxylic acids is 1. The highest BCUT2D eigenvalue weighted by Gasteiger charge is 2.31. The average molecular weight is 243 g/mol. The van der Waals surface area contributed by atoms with Gasteiger partial charge in [-0.1, -0.05) is 0 Å². The number of nitrogens with one attached hydrogen (secondary N) is 1. The monoisotopic (exact) mass is 243 g/mol. The van der Waals surface area contributed by atoms with E-state index < -0.39 is 12.1 Å². The van der Waals surface area contributed by atoms with Gasteiger partial charge in [0.1, 0.15) is 6.10 Å². The van der Waals surface area contributed by atoms with Crippen LogP contribution in [0.1, 0.15) is 25.7 Å². The zero-order valence-electron chi connectivity index (χ0n) is 9.55. The second-order valence-electron chi connectivity index (χ2n) is 4.41. The van der Waals surface area contributed by atoms with Crippen LogP contribution in [0.4, 0.5) is 0 Å². The molecule has 0 aromatic rings. The first-order chi connectivity index (χ1) is 8.16. The number of carbonyl (C=O) groups excluding carboxylic acids is 1. The molecule has 3 atom stereocenters. The molecule has 2 heterocycles. The summed E-state index contributed by atoms with van der Waals surface area (Å²) in [6.45, 7) is 1.00. The van der Waals surface area contributed by atoms with Gasteiger partial charge in [-0.2, -0.15) is 0 Å². The van der Waals surface area contributed by atoms with Crippen molar-refractivity contribution in [1.29, 1.82) is 0 Å². The van der Waals surface area contributed by atoms with Gasteiger partial charge < -0.3 is 19.9 Å². The van der Waals surface area contributed by atoms with Crippen molar-refractivity contribution in [3.05, 3.63) is 0 Å². The van der Waals surface area contributed by atoms with E-state index in [-0.39, 0.29) is 18.1 Å². The third-order valence-electron chi connectivity index (χ3n) is 3.11. The Bertz CT molecular complexity index is 300. The molecule has 0 bridgehead atoms. The van der Waals surface area contributed by atoms with E-state index in [0.717, 1.165) is 12.8 Å². The lowest BCUT2D eigenvalue weighted by atomic mass is 10.2. The number of ether oxygens (including phenoxy) is 2. The number of amides is 1. The number of hydrogen-bond donors (Lipinski definition) is 2. The zero-order chi connectivity index (χ0) is 12.3. The quantitative estimate of drug-likeness (QED) is 0.721. The summed E-state index contributed by atoms with van der Waals surface area (Å²) in [6, 6.07) is 0. The maximum Gasteiger partial charge on any atom is 0.332 e. The lowest BCUT2D eigenvalue weighted by Gasteiger charge is -2.14. The van der Waals surface area contributed by atoms with Crippen LogP contribution in [-0.4, -0.2) is 48.4 Å².